The Bertz CT molecular complexity index is 1290. The topological polar surface area (TPSA) is 127 Å². The SMILES string of the molecule is C[Si](C)(C)OC[C@H]1O[C@@H](n2ccc(NC(=O)CCC(=O)OCc3ccccc3)nc2=O)[C@@H](O[Si](C)(C)C)[C@@H]1O[Si](C)(C)C. The van der Waals surface area contributed by atoms with Crippen LogP contribution >= 0.6 is 0 Å². The fourth-order valence-electron chi connectivity index (χ4n) is 4.39. The molecular formula is C29H47N3O8Si3. The van der Waals surface area contributed by atoms with Crippen LogP contribution < -0.4 is 11.0 Å². The van der Waals surface area contributed by atoms with E-state index in [-0.39, 0.29) is 25.3 Å². The Morgan fingerprint density at radius 1 is 0.884 bits per heavy atom. The molecule has 0 radical (unpaired) electrons. The van der Waals surface area contributed by atoms with Gasteiger partial charge in [-0.25, -0.2) is 4.79 Å². The molecule has 4 atom stereocenters. The minimum Gasteiger partial charge on any atom is -0.461 e. The lowest BCUT2D eigenvalue weighted by Gasteiger charge is -2.34. The summed E-state index contributed by atoms with van der Waals surface area (Å²) >= 11 is 0. The van der Waals surface area contributed by atoms with Crippen molar-refractivity contribution >= 4 is 42.6 Å². The predicted molar refractivity (Wildman–Crippen MR) is 172 cm³/mol. The molecule has 2 aromatic rings. The van der Waals surface area contributed by atoms with E-state index in [1.54, 1.807) is 0 Å². The molecule has 0 bridgehead atoms. The van der Waals surface area contributed by atoms with Crippen molar-refractivity contribution < 1.29 is 32.3 Å². The Labute approximate surface area is 257 Å². The monoisotopic (exact) mass is 649 g/mol. The summed E-state index contributed by atoms with van der Waals surface area (Å²) in [4.78, 5) is 41.9. The second-order valence-electron chi connectivity index (χ2n) is 13.6. The quantitative estimate of drug-likeness (QED) is 0.225. The summed E-state index contributed by atoms with van der Waals surface area (Å²) in [6.07, 6.45) is -0.850. The average molecular weight is 650 g/mol. The molecule has 1 aliphatic heterocycles. The molecule has 1 aromatic carbocycles. The van der Waals surface area contributed by atoms with E-state index in [4.69, 9.17) is 22.8 Å². The van der Waals surface area contributed by atoms with Gasteiger partial charge < -0.3 is 28.1 Å². The van der Waals surface area contributed by atoms with Gasteiger partial charge >= 0.3 is 11.7 Å². The third-order valence-electron chi connectivity index (χ3n) is 6.12. The highest BCUT2D eigenvalue weighted by atomic mass is 28.4. The second-order valence-corrected chi connectivity index (χ2v) is 27.0. The van der Waals surface area contributed by atoms with Gasteiger partial charge in [0.1, 0.15) is 30.7 Å². The lowest BCUT2D eigenvalue weighted by molar-refractivity contribution is -0.145. The molecule has 0 aliphatic carbocycles. The maximum Gasteiger partial charge on any atom is 0.351 e. The number of benzene rings is 1. The maximum absolute atomic E-state index is 13.3. The Balaban J connectivity index is 1.71. The van der Waals surface area contributed by atoms with Crippen molar-refractivity contribution in [1.82, 2.24) is 9.55 Å². The number of amides is 1. The first-order chi connectivity index (χ1) is 19.9. The van der Waals surface area contributed by atoms with Gasteiger partial charge in [-0.05, 0) is 70.6 Å². The van der Waals surface area contributed by atoms with Gasteiger partial charge in [0, 0.05) is 12.6 Å². The number of rotatable bonds is 14. The molecular weight excluding hydrogens is 603 g/mol. The van der Waals surface area contributed by atoms with Crippen molar-refractivity contribution in [2.45, 2.75) is 103 Å². The van der Waals surface area contributed by atoms with Crippen molar-refractivity contribution in [2.24, 2.45) is 0 Å². The molecule has 11 nitrogen and oxygen atoms in total. The van der Waals surface area contributed by atoms with Crippen molar-refractivity contribution in [1.29, 1.82) is 0 Å². The van der Waals surface area contributed by atoms with Crippen LogP contribution in [0.5, 0.6) is 0 Å². The Kier molecular flexibility index (Phi) is 11.8. The molecule has 1 aliphatic rings. The third-order valence-corrected chi connectivity index (χ3v) is 9.11. The lowest BCUT2D eigenvalue weighted by atomic mass is 10.1. The van der Waals surface area contributed by atoms with Crippen LogP contribution in [0.15, 0.2) is 47.4 Å². The standard InChI is InChI=1S/C29H47N3O8Si3/c1-41(2,3)37-20-22-26(39-42(4,5)6)27(40-43(7,8)9)28(38-22)32-18-17-23(31-29(32)35)30-24(33)15-16-25(34)36-19-21-13-11-10-12-14-21/h10-14,17-18,22,26-28H,15-16,19-20H2,1-9H3,(H,30,31,33,35)/t22-,26-,27+,28-/m1/s1. The summed E-state index contributed by atoms with van der Waals surface area (Å²) in [5.74, 6) is -0.861. The number of nitrogens with one attached hydrogen (secondary N) is 1. The van der Waals surface area contributed by atoms with Crippen LogP contribution in [-0.2, 0) is 38.9 Å². The number of carbonyl (C=O) groups excluding carboxylic acids is 2. The Morgan fingerprint density at radius 3 is 2.09 bits per heavy atom. The van der Waals surface area contributed by atoms with Gasteiger partial charge in [-0.3, -0.25) is 14.2 Å². The molecule has 2 heterocycles. The van der Waals surface area contributed by atoms with Crippen LogP contribution in [-0.4, -0.2) is 71.3 Å². The highest BCUT2D eigenvalue weighted by Crippen LogP contribution is 2.37. The van der Waals surface area contributed by atoms with E-state index < -0.39 is 67.1 Å². The molecule has 0 unspecified atom stereocenters. The third kappa shape index (κ3) is 11.9. The maximum atomic E-state index is 13.3. The smallest absolute Gasteiger partial charge is 0.351 e. The van der Waals surface area contributed by atoms with E-state index in [9.17, 15) is 14.4 Å². The molecule has 1 fully saturated rings. The zero-order valence-electron chi connectivity index (χ0n) is 26.8. The molecule has 238 valence electrons. The summed E-state index contributed by atoms with van der Waals surface area (Å²) in [7, 11) is -6.00. The van der Waals surface area contributed by atoms with E-state index in [2.05, 4.69) is 69.2 Å². The first-order valence-electron chi connectivity index (χ1n) is 14.6. The summed E-state index contributed by atoms with van der Waals surface area (Å²) in [6.45, 7) is 19.4. The van der Waals surface area contributed by atoms with Gasteiger partial charge in [0.05, 0.1) is 13.0 Å². The Hall–Kier alpha value is -2.47. The van der Waals surface area contributed by atoms with Crippen LogP contribution in [0, 0.1) is 0 Å². The number of carbonyl (C=O) groups is 2. The highest BCUT2D eigenvalue weighted by molar-refractivity contribution is 6.70. The summed E-state index contributed by atoms with van der Waals surface area (Å²) in [5.41, 5.74) is 0.259. The average Bonchev–Trinajstić information content (AvgIpc) is 3.19. The van der Waals surface area contributed by atoms with Gasteiger partial charge in [-0.2, -0.15) is 4.98 Å². The highest BCUT2D eigenvalue weighted by Gasteiger charge is 2.50. The van der Waals surface area contributed by atoms with Crippen LogP contribution in [0.1, 0.15) is 24.6 Å². The van der Waals surface area contributed by atoms with Gasteiger partial charge in [0.15, 0.2) is 31.2 Å². The van der Waals surface area contributed by atoms with E-state index in [1.807, 2.05) is 30.3 Å². The van der Waals surface area contributed by atoms with Gasteiger partial charge in [0.2, 0.25) is 5.91 Å². The molecule has 3 rings (SSSR count). The number of nitrogens with zero attached hydrogens (tertiary/aromatic N) is 2. The molecule has 43 heavy (non-hydrogen) atoms. The molecule has 0 saturated carbocycles. The molecule has 14 heteroatoms. The molecule has 1 N–H and O–H groups in total. The number of anilines is 1. The number of hydrogen-bond donors (Lipinski definition) is 1. The molecule has 1 amide bonds. The van der Waals surface area contributed by atoms with Crippen LogP contribution in [0.2, 0.25) is 58.9 Å². The summed E-state index contributed by atoms with van der Waals surface area (Å²) < 4.78 is 32.5. The van der Waals surface area contributed by atoms with E-state index in [0.717, 1.165) is 5.56 Å². The minimum absolute atomic E-state index is 0.0816. The molecule has 1 saturated heterocycles. The number of aromatic nitrogens is 2. The predicted octanol–water partition coefficient (Wildman–Crippen LogP) is 4.89. The van der Waals surface area contributed by atoms with Gasteiger partial charge in [0.25, 0.3) is 0 Å². The van der Waals surface area contributed by atoms with Crippen LogP contribution in [0.25, 0.3) is 0 Å². The lowest BCUT2D eigenvalue weighted by Crippen LogP contribution is -2.49. The second kappa shape index (κ2) is 14.5. The van der Waals surface area contributed by atoms with Crippen molar-refractivity contribution in [2.75, 3.05) is 11.9 Å². The summed E-state index contributed by atoms with van der Waals surface area (Å²) in [6, 6.07) is 10.8. The Morgan fingerprint density at radius 2 is 1.51 bits per heavy atom. The van der Waals surface area contributed by atoms with E-state index >= 15 is 0 Å². The van der Waals surface area contributed by atoms with Crippen molar-refractivity contribution in [3.05, 3.63) is 58.6 Å². The zero-order valence-corrected chi connectivity index (χ0v) is 29.8. The van der Waals surface area contributed by atoms with Crippen molar-refractivity contribution in [3.8, 4) is 0 Å². The van der Waals surface area contributed by atoms with Crippen LogP contribution in [0.3, 0.4) is 0 Å². The summed E-state index contributed by atoms with van der Waals surface area (Å²) in [5, 5.41) is 2.59. The van der Waals surface area contributed by atoms with Crippen molar-refractivity contribution in [3.63, 3.8) is 0 Å². The molecule has 0 spiro atoms. The normalized spacial score (nSPS) is 21.0. The van der Waals surface area contributed by atoms with Crippen LogP contribution in [0.4, 0.5) is 5.82 Å². The number of hydrogen-bond acceptors (Lipinski definition) is 9. The fraction of sp³-hybridized carbons (Fsp3) is 0.586. The number of esters is 1. The van der Waals surface area contributed by atoms with E-state index in [1.165, 1.54) is 16.8 Å². The zero-order chi connectivity index (χ0) is 32.0. The van der Waals surface area contributed by atoms with Gasteiger partial charge in [-0.15, -0.1) is 0 Å². The first kappa shape index (κ1) is 35.0. The largest absolute Gasteiger partial charge is 0.461 e. The first-order valence-corrected chi connectivity index (χ1v) is 24.9. The van der Waals surface area contributed by atoms with E-state index in [0.29, 0.717) is 6.61 Å². The van der Waals surface area contributed by atoms with Gasteiger partial charge in [-0.1, -0.05) is 30.3 Å². The molecule has 1 aromatic heterocycles. The number of ether oxygens (including phenoxy) is 2. The minimum atomic E-state index is -2.10. The fourth-order valence-corrected chi connectivity index (χ4v) is 7.22.